The summed E-state index contributed by atoms with van der Waals surface area (Å²) in [5, 5.41) is 3.47. The van der Waals surface area contributed by atoms with Gasteiger partial charge >= 0.3 is 0 Å². The Kier molecular flexibility index (Phi) is 5.78. The van der Waals surface area contributed by atoms with Crippen LogP contribution in [0.5, 0.6) is 5.75 Å². The molecule has 0 aromatic heterocycles. The number of nitrogens with one attached hydrogen (secondary N) is 1. The minimum absolute atomic E-state index is 0.187. The van der Waals surface area contributed by atoms with Crippen molar-refractivity contribution in [2.75, 3.05) is 19.1 Å². The first-order valence-electron chi connectivity index (χ1n) is 5.67. The molecule has 0 aliphatic carbocycles. The van der Waals surface area contributed by atoms with Crippen molar-refractivity contribution in [3.8, 4) is 5.75 Å². The molecule has 0 saturated carbocycles. The van der Waals surface area contributed by atoms with E-state index in [1.165, 1.54) is 13.2 Å². The van der Waals surface area contributed by atoms with Crippen LogP contribution in [0.4, 0.5) is 4.39 Å². The van der Waals surface area contributed by atoms with Crippen LogP contribution in [0.2, 0.25) is 0 Å². The van der Waals surface area contributed by atoms with E-state index in [4.69, 9.17) is 4.74 Å². The van der Waals surface area contributed by atoms with Gasteiger partial charge in [0, 0.05) is 17.8 Å². The number of hydrogen-bond donors (Lipinski definition) is 1. The molecule has 1 aromatic carbocycles. The largest absolute Gasteiger partial charge is 0.494 e. The van der Waals surface area contributed by atoms with Gasteiger partial charge in [-0.05, 0) is 37.8 Å². The number of benzene rings is 1. The van der Waals surface area contributed by atoms with Gasteiger partial charge in [-0.2, -0.15) is 11.8 Å². The number of ether oxygens (including phenoxy) is 1. The van der Waals surface area contributed by atoms with Crippen molar-refractivity contribution < 1.29 is 9.13 Å². The van der Waals surface area contributed by atoms with Crippen molar-refractivity contribution >= 4 is 11.8 Å². The summed E-state index contributed by atoms with van der Waals surface area (Å²) < 4.78 is 18.2. The van der Waals surface area contributed by atoms with Crippen molar-refractivity contribution in [2.24, 2.45) is 0 Å². The molecule has 4 heteroatoms. The summed E-state index contributed by atoms with van der Waals surface area (Å²) in [4.78, 5) is 0. The van der Waals surface area contributed by atoms with Gasteiger partial charge < -0.3 is 10.1 Å². The third-order valence-electron chi connectivity index (χ3n) is 2.63. The van der Waals surface area contributed by atoms with E-state index in [0.29, 0.717) is 11.8 Å². The summed E-state index contributed by atoms with van der Waals surface area (Å²) in [6, 6.07) is 5.61. The summed E-state index contributed by atoms with van der Waals surface area (Å²) >= 11 is 1.81. The molecule has 0 saturated heterocycles. The molecule has 0 aliphatic rings. The van der Waals surface area contributed by atoms with Gasteiger partial charge in [-0.1, -0.05) is 6.07 Å². The second kappa shape index (κ2) is 6.87. The van der Waals surface area contributed by atoms with Crippen molar-refractivity contribution in [1.29, 1.82) is 0 Å². The number of thioether (sulfide) groups is 1. The predicted octanol–water partition coefficient (Wildman–Crippen LogP) is 3.24. The number of methoxy groups -OCH3 is 1. The lowest BCUT2D eigenvalue weighted by atomic mass is 10.1. The topological polar surface area (TPSA) is 21.3 Å². The summed E-state index contributed by atoms with van der Waals surface area (Å²) in [5.41, 5.74) is 1.04. The molecule has 0 amide bonds. The molecule has 2 nitrogen and oxygen atoms in total. The van der Waals surface area contributed by atoms with Crippen LogP contribution in [0.15, 0.2) is 18.2 Å². The maximum atomic E-state index is 13.3. The molecule has 0 heterocycles. The quantitative estimate of drug-likeness (QED) is 0.845. The fourth-order valence-corrected chi connectivity index (χ4v) is 2.36. The molecule has 0 bridgehead atoms. The SMILES string of the molecule is COc1cc(C(C)NC(C)CSC)ccc1F. The highest BCUT2D eigenvalue weighted by atomic mass is 32.2. The molecule has 96 valence electrons. The van der Waals surface area contributed by atoms with Crippen LogP contribution in [-0.2, 0) is 0 Å². The minimum Gasteiger partial charge on any atom is -0.494 e. The Hall–Kier alpha value is -0.740. The van der Waals surface area contributed by atoms with Crippen LogP contribution < -0.4 is 10.1 Å². The van der Waals surface area contributed by atoms with E-state index in [9.17, 15) is 4.39 Å². The minimum atomic E-state index is -0.319. The number of rotatable bonds is 6. The Balaban J connectivity index is 2.71. The normalized spacial score (nSPS) is 14.4. The third kappa shape index (κ3) is 4.21. The van der Waals surface area contributed by atoms with E-state index in [1.54, 1.807) is 12.1 Å². The molecule has 1 N–H and O–H groups in total. The highest BCUT2D eigenvalue weighted by Gasteiger charge is 2.11. The summed E-state index contributed by atoms with van der Waals surface area (Å²) in [7, 11) is 1.48. The number of hydrogen-bond acceptors (Lipinski definition) is 3. The van der Waals surface area contributed by atoms with Gasteiger partial charge in [-0.15, -0.1) is 0 Å². The lowest BCUT2D eigenvalue weighted by molar-refractivity contribution is 0.384. The highest BCUT2D eigenvalue weighted by molar-refractivity contribution is 7.98. The van der Waals surface area contributed by atoms with Crippen molar-refractivity contribution in [2.45, 2.75) is 25.9 Å². The Morgan fingerprint density at radius 1 is 1.41 bits per heavy atom. The molecule has 0 radical (unpaired) electrons. The molecule has 0 aliphatic heterocycles. The molecular weight excluding hydrogens is 237 g/mol. The van der Waals surface area contributed by atoms with Gasteiger partial charge in [0.1, 0.15) is 0 Å². The van der Waals surface area contributed by atoms with Gasteiger partial charge in [0.15, 0.2) is 11.6 Å². The maximum Gasteiger partial charge on any atom is 0.165 e. The van der Waals surface area contributed by atoms with Gasteiger partial charge in [-0.25, -0.2) is 4.39 Å². The van der Waals surface area contributed by atoms with E-state index in [0.717, 1.165) is 11.3 Å². The standard InChI is InChI=1S/C13H20FNOS/c1-9(8-17-4)15-10(2)11-5-6-12(14)13(7-11)16-3/h5-7,9-10,15H,8H2,1-4H3. The van der Waals surface area contributed by atoms with Gasteiger partial charge in [0.2, 0.25) is 0 Å². The second-order valence-electron chi connectivity index (χ2n) is 4.14. The van der Waals surface area contributed by atoms with Crippen LogP contribution in [0.3, 0.4) is 0 Å². The second-order valence-corrected chi connectivity index (χ2v) is 5.05. The van der Waals surface area contributed by atoms with Crippen LogP contribution in [-0.4, -0.2) is 25.2 Å². The monoisotopic (exact) mass is 257 g/mol. The van der Waals surface area contributed by atoms with Crippen LogP contribution >= 0.6 is 11.8 Å². The smallest absolute Gasteiger partial charge is 0.165 e. The zero-order valence-electron chi connectivity index (χ0n) is 10.8. The van der Waals surface area contributed by atoms with Crippen molar-refractivity contribution in [3.05, 3.63) is 29.6 Å². The molecule has 1 rings (SSSR count). The Morgan fingerprint density at radius 3 is 2.71 bits per heavy atom. The first kappa shape index (κ1) is 14.3. The molecule has 0 fully saturated rings. The van der Waals surface area contributed by atoms with Crippen LogP contribution in [0, 0.1) is 5.82 Å². The van der Waals surface area contributed by atoms with E-state index in [-0.39, 0.29) is 11.9 Å². The van der Waals surface area contributed by atoms with Gasteiger partial charge in [0.05, 0.1) is 7.11 Å². The highest BCUT2D eigenvalue weighted by Crippen LogP contribution is 2.22. The summed E-state index contributed by atoms with van der Waals surface area (Å²) in [5.74, 6) is 1.04. The average Bonchev–Trinajstić information content (AvgIpc) is 2.29. The van der Waals surface area contributed by atoms with Crippen molar-refractivity contribution in [1.82, 2.24) is 5.32 Å². The Bertz CT molecular complexity index is 359. The van der Waals surface area contributed by atoms with E-state index >= 15 is 0 Å². The average molecular weight is 257 g/mol. The maximum absolute atomic E-state index is 13.3. The predicted molar refractivity (Wildman–Crippen MR) is 72.3 cm³/mol. The zero-order chi connectivity index (χ0) is 12.8. The first-order chi connectivity index (χ1) is 8.08. The third-order valence-corrected chi connectivity index (χ3v) is 3.46. The lowest BCUT2D eigenvalue weighted by Crippen LogP contribution is -2.30. The van der Waals surface area contributed by atoms with Gasteiger partial charge in [0.25, 0.3) is 0 Å². The summed E-state index contributed by atoms with van der Waals surface area (Å²) in [6.45, 7) is 4.22. The number of halogens is 1. The van der Waals surface area contributed by atoms with E-state index in [2.05, 4.69) is 25.4 Å². The van der Waals surface area contributed by atoms with Crippen molar-refractivity contribution in [3.63, 3.8) is 0 Å². The van der Waals surface area contributed by atoms with Crippen LogP contribution in [0.25, 0.3) is 0 Å². The van der Waals surface area contributed by atoms with E-state index in [1.807, 2.05) is 11.8 Å². The van der Waals surface area contributed by atoms with E-state index < -0.39 is 0 Å². The molecule has 0 spiro atoms. The fourth-order valence-electron chi connectivity index (χ4n) is 1.77. The molecule has 17 heavy (non-hydrogen) atoms. The Labute approximate surface area is 107 Å². The zero-order valence-corrected chi connectivity index (χ0v) is 11.6. The molecular formula is C13H20FNOS. The molecule has 1 aromatic rings. The fraction of sp³-hybridized carbons (Fsp3) is 0.538. The van der Waals surface area contributed by atoms with Crippen LogP contribution in [0.1, 0.15) is 25.5 Å². The molecule has 2 atom stereocenters. The Morgan fingerprint density at radius 2 is 2.12 bits per heavy atom. The summed E-state index contributed by atoms with van der Waals surface area (Å²) in [6.07, 6.45) is 2.09. The lowest BCUT2D eigenvalue weighted by Gasteiger charge is -2.20. The first-order valence-corrected chi connectivity index (χ1v) is 7.06. The molecule has 2 unspecified atom stereocenters. The van der Waals surface area contributed by atoms with Gasteiger partial charge in [-0.3, -0.25) is 0 Å².